The van der Waals surface area contributed by atoms with Crippen molar-refractivity contribution in [2.45, 2.75) is 40.0 Å². The van der Waals surface area contributed by atoms with Gasteiger partial charge in [-0.3, -0.25) is 0 Å². The summed E-state index contributed by atoms with van der Waals surface area (Å²) in [4.78, 5) is 0. The maximum atomic E-state index is 13.4. The number of benzene rings is 1. The molecule has 15 heavy (non-hydrogen) atoms. The van der Waals surface area contributed by atoms with E-state index >= 15 is 0 Å². The monoisotopic (exact) mass is 206 g/mol. The zero-order valence-corrected chi connectivity index (χ0v) is 9.81. The normalized spacial score (nSPS) is 11.9. The van der Waals surface area contributed by atoms with Crippen molar-refractivity contribution >= 4 is 5.57 Å². The van der Waals surface area contributed by atoms with Crippen LogP contribution in [0.15, 0.2) is 24.3 Å². The van der Waals surface area contributed by atoms with Gasteiger partial charge < -0.3 is 0 Å². The minimum atomic E-state index is -0.106. The minimum absolute atomic E-state index is 0.106. The summed E-state index contributed by atoms with van der Waals surface area (Å²) in [6.45, 7) is 6.05. The Morgan fingerprint density at radius 3 is 2.60 bits per heavy atom. The molecule has 0 aliphatic rings. The first kappa shape index (κ1) is 12.0. The number of hydrogen-bond donors (Lipinski definition) is 0. The second-order valence-corrected chi connectivity index (χ2v) is 3.85. The summed E-state index contributed by atoms with van der Waals surface area (Å²) in [6, 6.07) is 5.51. The Hall–Kier alpha value is -1.11. The minimum Gasteiger partial charge on any atom is -0.207 e. The zero-order valence-electron chi connectivity index (χ0n) is 9.81. The standard InChI is InChI=1S/C14H19F/c1-4-6-12(7-5-2)13-9-8-11(3)14(15)10-13/h6,8-10H,4-5,7H2,1-3H3/b12-6+. The number of allylic oxidation sites excluding steroid dienone is 2. The van der Waals surface area contributed by atoms with Crippen LogP contribution >= 0.6 is 0 Å². The van der Waals surface area contributed by atoms with Gasteiger partial charge in [0.1, 0.15) is 5.82 Å². The third-order valence-corrected chi connectivity index (χ3v) is 2.51. The van der Waals surface area contributed by atoms with Gasteiger partial charge in [-0.15, -0.1) is 0 Å². The van der Waals surface area contributed by atoms with Crippen LogP contribution in [0.1, 0.15) is 44.2 Å². The molecule has 0 N–H and O–H groups in total. The lowest BCUT2D eigenvalue weighted by Crippen LogP contribution is -1.89. The molecule has 1 aromatic carbocycles. The quantitative estimate of drug-likeness (QED) is 0.668. The van der Waals surface area contributed by atoms with E-state index in [-0.39, 0.29) is 5.82 Å². The second kappa shape index (κ2) is 5.69. The summed E-state index contributed by atoms with van der Waals surface area (Å²) in [5.41, 5.74) is 3.01. The summed E-state index contributed by atoms with van der Waals surface area (Å²) < 4.78 is 13.4. The Bertz CT molecular complexity index is 350. The SMILES string of the molecule is CC/C=C(\CCC)c1ccc(C)c(F)c1. The maximum Gasteiger partial charge on any atom is 0.126 e. The summed E-state index contributed by atoms with van der Waals surface area (Å²) in [5, 5.41) is 0. The number of hydrogen-bond acceptors (Lipinski definition) is 0. The van der Waals surface area contributed by atoms with Gasteiger partial charge >= 0.3 is 0 Å². The molecular formula is C14H19F. The highest BCUT2D eigenvalue weighted by atomic mass is 19.1. The first-order valence-electron chi connectivity index (χ1n) is 5.64. The van der Waals surface area contributed by atoms with E-state index < -0.39 is 0 Å². The van der Waals surface area contributed by atoms with Crippen molar-refractivity contribution in [2.75, 3.05) is 0 Å². The number of halogens is 1. The Labute approximate surface area is 91.8 Å². The van der Waals surface area contributed by atoms with Crippen LogP contribution < -0.4 is 0 Å². The number of rotatable bonds is 4. The lowest BCUT2D eigenvalue weighted by atomic mass is 9.99. The van der Waals surface area contributed by atoms with Crippen molar-refractivity contribution in [1.82, 2.24) is 0 Å². The molecule has 0 aromatic heterocycles. The summed E-state index contributed by atoms with van der Waals surface area (Å²) in [5.74, 6) is -0.106. The molecule has 0 heterocycles. The largest absolute Gasteiger partial charge is 0.207 e. The highest BCUT2D eigenvalue weighted by Gasteiger charge is 2.03. The molecule has 0 saturated carbocycles. The van der Waals surface area contributed by atoms with Crippen LogP contribution in [-0.4, -0.2) is 0 Å². The summed E-state index contributed by atoms with van der Waals surface area (Å²) in [7, 11) is 0. The van der Waals surface area contributed by atoms with Crippen molar-refractivity contribution in [2.24, 2.45) is 0 Å². The zero-order chi connectivity index (χ0) is 11.3. The summed E-state index contributed by atoms with van der Waals surface area (Å²) in [6.07, 6.45) is 5.32. The molecule has 1 heteroatoms. The molecule has 0 fully saturated rings. The van der Waals surface area contributed by atoms with Gasteiger partial charge in [0.2, 0.25) is 0 Å². The van der Waals surface area contributed by atoms with Gasteiger partial charge in [0.25, 0.3) is 0 Å². The molecule has 0 amide bonds. The van der Waals surface area contributed by atoms with E-state index in [1.807, 2.05) is 12.1 Å². The predicted molar refractivity (Wildman–Crippen MR) is 64.3 cm³/mol. The lowest BCUT2D eigenvalue weighted by molar-refractivity contribution is 0.618. The van der Waals surface area contributed by atoms with Gasteiger partial charge in [-0.2, -0.15) is 0 Å². The van der Waals surface area contributed by atoms with Crippen LogP contribution in [0.3, 0.4) is 0 Å². The Kier molecular flexibility index (Phi) is 4.54. The van der Waals surface area contributed by atoms with Gasteiger partial charge in [0, 0.05) is 0 Å². The molecule has 0 radical (unpaired) electrons. The fraction of sp³-hybridized carbons (Fsp3) is 0.429. The van der Waals surface area contributed by atoms with Crippen LogP contribution in [-0.2, 0) is 0 Å². The first-order chi connectivity index (χ1) is 7.19. The van der Waals surface area contributed by atoms with Crippen LogP contribution in [0.2, 0.25) is 0 Å². The summed E-state index contributed by atoms with van der Waals surface area (Å²) >= 11 is 0. The topological polar surface area (TPSA) is 0 Å². The molecule has 0 bridgehead atoms. The highest BCUT2D eigenvalue weighted by molar-refractivity contribution is 5.65. The Balaban J connectivity index is 3.01. The fourth-order valence-electron chi connectivity index (χ4n) is 1.67. The van der Waals surface area contributed by atoms with Crippen LogP contribution in [0.5, 0.6) is 0 Å². The van der Waals surface area contributed by atoms with Crippen LogP contribution in [0, 0.1) is 12.7 Å². The average molecular weight is 206 g/mol. The molecule has 0 atom stereocenters. The molecule has 0 unspecified atom stereocenters. The third kappa shape index (κ3) is 3.19. The molecule has 1 rings (SSSR count). The first-order valence-corrected chi connectivity index (χ1v) is 5.64. The van der Waals surface area contributed by atoms with Gasteiger partial charge in [0.15, 0.2) is 0 Å². The van der Waals surface area contributed by atoms with Crippen molar-refractivity contribution in [1.29, 1.82) is 0 Å². The molecule has 0 aliphatic carbocycles. The Morgan fingerprint density at radius 2 is 2.07 bits per heavy atom. The van der Waals surface area contributed by atoms with Crippen molar-refractivity contribution in [3.8, 4) is 0 Å². The average Bonchev–Trinajstić information content (AvgIpc) is 2.22. The smallest absolute Gasteiger partial charge is 0.126 e. The van der Waals surface area contributed by atoms with E-state index in [9.17, 15) is 4.39 Å². The van der Waals surface area contributed by atoms with Gasteiger partial charge in [-0.25, -0.2) is 4.39 Å². The highest BCUT2D eigenvalue weighted by Crippen LogP contribution is 2.22. The van der Waals surface area contributed by atoms with Gasteiger partial charge in [-0.05, 0) is 42.5 Å². The molecule has 0 saturated heterocycles. The van der Waals surface area contributed by atoms with Crippen molar-refractivity contribution in [3.63, 3.8) is 0 Å². The molecule has 1 aromatic rings. The molecule has 0 nitrogen and oxygen atoms in total. The maximum absolute atomic E-state index is 13.4. The fourth-order valence-corrected chi connectivity index (χ4v) is 1.67. The van der Waals surface area contributed by atoms with E-state index in [1.165, 1.54) is 5.57 Å². The molecule has 0 spiro atoms. The number of aryl methyl sites for hydroxylation is 1. The Morgan fingerprint density at radius 1 is 1.33 bits per heavy atom. The van der Waals surface area contributed by atoms with Crippen LogP contribution in [0.4, 0.5) is 4.39 Å². The van der Waals surface area contributed by atoms with E-state index in [0.717, 1.165) is 24.8 Å². The van der Waals surface area contributed by atoms with E-state index in [4.69, 9.17) is 0 Å². The predicted octanol–water partition coefficient (Wildman–Crippen LogP) is 4.73. The van der Waals surface area contributed by atoms with E-state index in [2.05, 4.69) is 19.9 Å². The molecule has 0 aliphatic heterocycles. The van der Waals surface area contributed by atoms with Crippen LogP contribution in [0.25, 0.3) is 5.57 Å². The molecular weight excluding hydrogens is 187 g/mol. The molecule has 82 valence electrons. The van der Waals surface area contributed by atoms with Crippen molar-refractivity contribution in [3.05, 3.63) is 41.2 Å². The van der Waals surface area contributed by atoms with Crippen molar-refractivity contribution < 1.29 is 4.39 Å². The van der Waals surface area contributed by atoms with Gasteiger partial charge in [-0.1, -0.05) is 38.5 Å². The van der Waals surface area contributed by atoms with E-state index in [1.54, 1.807) is 13.0 Å². The second-order valence-electron chi connectivity index (χ2n) is 3.85. The lowest BCUT2D eigenvalue weighted by Gasteiger charge is -2.07. The third-order valence-electron chi connectivity index (χ3n) is 2.51. The van der Waals surface area contributed by atoms with Gasteiger partial charge in [0.05, 0.1) is 0 Å². The van der Waals surface area contributed by atoms with E-state index in [0.29, 0.717) is 5.56 Å².